The number of aromatic nitrogens is 3. The molecular weight excluding hydrogens is 199 g/mol. The monoisotopic (exact) mass is 205 g/mol. The molecule has 0 aliphatic rings. The summed E-state index contributed by atoms with van der Waals surface area (Å²) in [4.78, 5) is 14.3. The van der Waals surface area contributed by atoms with Crippen LogP contribution in [0.5, 0.6) is 0 Å². The number of carbonyl (C=O) groups excluding carboxylic acids is 1. The van der Waals surface area contributed by atoms with Crippen LogP contribution in [0.2, 0.25) is 0 Å². The van der Waals surface area contributed by atoms with Crippen molar-refractivity contribution in [3.63, 3.8) is 0 Å². The molecule has 1 aromatic heterocycles. The summed E-state index contributed by atoms with van der Waals surface area (Å²) in [7, 11) is 0. The van der Waals surface area contributed by atoms with Gasteiger partial charge >= 0.3 is 6.03 Å². The summed E-state index contributed by atoms with van der Waals surface area (Å²) in [5, 5.41) is 3.67. The molecule has 0 unspecified atom stereocenters. The summed E-state index contributed by atoms with van der Waals surface area (Å²) in [5.41, 5.74) is 6.98. The molecule has 1 N–H and O–H groups in total. The van der Waals surface area contributed by atoms with Crippen molar-refractivity contribution in [1.82, 2.24) is 20.5 Å². The van der Waals surface area contributed by atoms with Crippen LogP contribution < -0.4 is 5.73 Å². The van der Waals surface area contributed by atoms with E-state index in [1.165, 1.54) is 12.1 Å². The molecule has 1 heterocycles. The minimum atomic E-state index is -1.01. The molecule has 0 aliphatic carbocycles. The maximum Gasteiger partial charge on any atom is 0.362 e. The summed E-state index contributed by atoms with van der Waals surface area (Å²) >= 11 is 0. The van der Waals surface area contributed by atoms with Crippen LogP contribution in [0.4, 0.5) is 9.18 Å². The van der Waals surface area contributed by atoms with Crippen LogP contribution in [-0.2, 0) is 0 Å². The fraction of sp³-hybridized carbons (Fsp3) is 0. The third-order valence-corrected chi connectivity index (χ3v) is 1.81. The first-order valence-corrected chi connectivity index (χ1v) is 4.11. The highest BCUT2D eigenvalue weighted by molar-refractivity contribution is 5.73. The van der Waals surface area contributed by atoms with Crippen molar-refractivity contribution in [2.75, 3.05) is 0 Å². The first-order valence-electron chi connectivity index (χ1n) is 4.11. The molecule has 6 heteroatoms. The van der Waals surface area contributed by atoms with Gasteiger partial charge in [-0.25, -0.2) is 19.9 Å². The Morgan fingerprint density at radius 1 is 1.40 bits per heavy atom. The average Bonchev–Trinajstić information content (AvgIpc) is 2.67. The summed E-state index contributed by atoms with van der Waals surface area (Å²) in [6.45, 7) is 0. The number of nitrogens with one attached hydrogen (secondary N) is 1. The molecule has 1 aromatic carbocycles. The Balaban J connectivity index is 2.46. The molecule has 2 rings (SSSR count). The van der Waals surface area contributed by atoms with Gasteiger partial charge < -0.3 is 0 Å². The molecule has 2 aromatic rings. The van der Waals surface area contributed by atoms with Gasteiger partial charge in [-0.3, -0.25) is 0 Å². The van der Waals surface area contributed by atoms with E-state index < -0.39 is 11.8 Å². The largest absolute Gasteiger partial charge is 0.362 e. The zero-order valence-corrected chi connectivity index (χ0v) is 7.51. The SMILES string of the molecule is [NH]C(=O)n1cnc(-c2ccccc2F)n1. The van der Waals surface area contributed by atoms with Crippen LogP contribution in [0.25, 0.3) is 11.4 Å². The number of rotatable bonds is 1. The number of amides is 1. The molecule has 0 atom stereocenters. The number of halogens is 1. The number of benzene rings is 1. The average molecular weight is 205 g/mol. The van der Waals surface area contributed by atoms with E-state index in [1.54, 1.807) is 12.1 Å². The second-order valence-electron chi connectivity index (χ2n) is 2.80. The van der Waals surface area contributed by atoms with Crippen LogP contribution in [0.3, 0.4) is 0 Å². The Morgan fingerprint density at radius 2 is 2.13 bits per heavy atom. The van der Waals surface area contributed by atoms with Crippen molar-refractivity contribution < 1.29 is 9.18 Å². The van der Waals surface area contributed by atoms with E-state index in [0.717, 1.165) is 11.0 Å². The quantitative estimate of drug-likeness (QED) is 0.705. The molecule has 0 fully saturated rings. The Labute approximate surface area is 84.3 Å². The topological polar surface area (TPSA) is 71.6 Å². The van der Waals surface area contributed by atoms with Crippen LogP contribution in [-0.4, -0.2) is 20.8 Å². The van der Waals surface area contributed by atoms with Crippen molar-refractivity contribution in [3.8, 4) is 11.4 Å². The number of carbonyl (C=O) groups is 1. The molecule has 5 nitrogen and oxygen atoms in total. The molecule has 0 saturated carbocycles. The van der Waals surface area contributed by atoms with Gasteiger partial charge in [-0.2, -0.15) is 4.68 Å². The molecule has 0 aliphatic heterocycles. The lowest BCUT2D eigenvalue weighted by molar-refractivity contribution is 0.246. The summed E-state index contributed by atoms with van der Waals surface area (Å²) in [5.74, 6) is -0.374. The lowest BCUT2D eigenvalue weighted by Gasteiger charge is -1.95. The molecular formula is C9H6FN4O. The van der Waals surface area contributed by atoms with Gasteiger partial charge in [-0.15, -0.1) is 5.10 Å². The Kier molecular flexibility index (Phi) is 2.17. The fourth-order valence-corrected chi connectivity index (χ4v) is 1.13. The maximum absolute atomic E-state index is 13.3. The number of hydrogen-bond donors (Lipinski definition) is 0. The first-order chi connectivity index (χ1) is 7.18. The van der Waals surface area contributed by atoms with Crippen molar-refractivity contribution in [1.29, 1.82) is 0 Å². The Hall–Kier alpha value is -2.24. The number of hydrogen-bond acceptors (Lipinski definition) is 3. The van der Waals surface area contributed by atoms with Gasteiger partial charge in [0.2, 0.25) is 0 Å². The molecule has 75 valence electrons. The highest BCUT2D eigenvalue weighted by Crippen LogP contribution is 2.17. The van der Waals surface area contributed by atoms with Crippen LogP contribution in [0.15, 0.2) is 30.6 Å². The highest BCUT2D eigenvalue weighted by Gasteiger charge is 2.10. The lowest BCUT2D eigenvalue weighted by atomic mass is 10.2. The van der Waals surface area contributed by atoms with E-state index in [4.69, 9.17) is 5.73 Å². The zero-order valence-electron chi connectivity index (χ0n) is 7.51. The van der Waals surface area contributed by atoms with Crippen molar-refractivity contribution in [2.24, 2.45) is 0 Å². The molecule has 1 radical (unpaired) electrons. The molecule has 0 saturated heterocycles. The van der Waals surface area contributed by atoms with Crippen molar-refractivity contribution in [3.05, 3.63) is 36.4 Å². The Bertz CT molecular complexity index is 508. The minimum absolute atomic E-state index is 0.0914. The lowest BCUT2D eigenvalue weighted by Crippen LogP contribution is -2.10. The summed E-state index contributed by atoms with van der Waals surface area (Å²) < 4.78 is 14.0. The number of nitrogens with zero attached hydrogens (tertiary/aromatic N) is 3. The van der Waals surface area contributed by atoms with Gasteiger partial charge in [-0.05, 0) is 12.1 Å². The normalized spacial score (nSPS) is 10.2. The second kappa shape index (κ2) is 3.49. The predicted octanol–water partition coefficient (Wildman–Crippen LogP) is 1.34. The minimum Gasteiger partial charge on any atom is -0.246 e. The van der Waals surface area contributed by atoms with Crippen LogP contribution in [0, 0.1) is 5.82 Å². The summed E-state index contributed by atoms with van der Waals surface area (Å²) in [6.07, 6.45) is 1.08. The first kappa shape index (κ1) is 9.32. The van der Waals surface area contributed by atoms with E-state index >= 15 is 0 Å². The van der Waals surface area contributed by atoms with E-state index in [-0.39, 0.29) is 11.4 Å². The Morgan fingerprint density at radius 3 is 2.73 bits per heavy atom. The van der Waals surface area contributed by atoms with Gasteiger partial charge in [-0.1, -0.05) is 12.1 Å². The van der Waals surface area contributed by atoms with E-state index in [0.29, 0.717) is 0 Å². The summed E-state index contributed by atoms with van der Waals surface area (Å²) in [6, 6.07) is 4.96. The third kappa shape index (κ3) is 1.69. The standard InChI is InChI=1S/C9H6FN4O/c10-7-4-2-1-3-6(7)8-12-5-14(13-8)9(11)15/h1-5,11H. The molecule has 0 spiro atoms. The predicted molar refractivity (Wildman–Crippen MR) is 49.3 cm³/mol. The highest BCUT2D eigenvalue weighted by atomic mass is 19.1. The zero-order chi connectivity index (χ0) is 10.8. The van der Waals surface area contributed by atoms with Gasteiger partial charge in [0.05, 0.1) is 5.56 Å². The van der Waals surface area contributed by atoms with Crippen LogP contribution >= 0.6 is 0 Å². The van der Waals surface area contributed by atoms with Gasteiger partial charge in [0.15, 0.2) is 5.82 Å². The van der Waals surface area contributed by atoms with Crippen molar-refractivity contribution in [2.45, 2.75) is 0 Å². The second-order valence-corrected chi connectivity index (χ2v) is 2.80. The maximum atomic E-state index is 13.3. The van der Waals surface area contributed by atoms with Crippen LogP contribution in [0.1, 0.15) is 0 Å². The van der Waals surface area contributed by atoms with Gasteiger partial charge in [0.25, 0.3) is 0 Å². The van der Waals surface area contributed by atoms with E-state index in [1.807, 2.05) is 0 Å². The van der Waals surface area contributed by atoms with E-state index in [9.17, 15) is 9.18 Å². The molecule has 1 amide bonds. The molecule has 15 heavy (non-hydrogen) atoms. The smallest absolute Gasteiger partial charge is 0.246 e. The van der Waals surface area contributed by atoms with Crippen molar-refractivity contribution >= 4 is 6.03 Å². The third-order valence-electron chi connectivity index (χ3n) is 1.81. The molecule has 0 bridgehead atoms. The van der Waals surface area contributed by atoms with Gasteiger partial charge in [0.1, 0.15) is 12.1 Å². The fourth-order valence-electron chi connectivity index (χ4n) is 1.13. The van der Waals surface area contributed by atoms with E-state index in [2.05, 4.69) is 10.1 Å². The van der Waals surface area contributed by atoms with Gasteiger partial charge in [0, 0.05) is 0 Å².